The molecule has 1 saturated heterocycles. The molecule has 0 radical (unpaired) electrons. The Morgan fingerprint density at radius 2 is 1.50 bits per heavy atom. The summed E-state index contributed by atoms with van der Waals surface area (Å²) in [4.78, 5) is 43.9. The van der Waals surface area contributed by atoms with Crippen LogP contribution in [-0.2, 0) is 0 Å². The molecule has 0 spiro atoms. The van der Waals surface area contributed by atoms with E-state index in [9.17, 15) is 14.4 Å². The van der Waals surface area contributed by atoms with E-state index in [0.29, 0.717) is 28.2 Å². The van der Waals surface area contributed by atoms with Crippen LogP contribution in [0.1, 0.15) is 43.9 Å². The molecule has 162 valence electrons. The molecule has 0 aliphatic carbocycles. The number of likely N-dealkylation sites (tertiary alicyclic amines) is 1. The molecular formula is C24H21BrN4O3. The van der Waals surface area contributed by atoms with E-state index in [4.69, 9.17) is 0 Å². The summed E-state index contributed by atoms with van der Waals surface area (Å²) in [6.45, 7) is 1.55. The smallest absolute Gasteiger partial charge is 0.258 e. The molecule has 0 atom stereocenters. The van der Waals surface area contributed by atoms with Crippen LogP contribution in [0.2, 0.25) is 0 Å². The lowest BCUT2D eigenvalue weighted by Crippen LogP contribution is -2.27. The van der Waals surface area contributed by atoms with Crippen molar-refractivity contribution in [2.45, 2.75) is 12.8 Å². The Kier molecular flexibility index (Phi) is 6.61. The number of benzene rings is 2. The van der Waals surface area contributed by atoms with Crippen molar-refractivity contribution in [2.24, 2.45) is 0 Å². The maximum atomic E-state index is 12.8. The molecule has 0 unspecified atom stereocenters. The predicted octanol–water partition coefficient (Wildman–Crippen LogP) is 4.58. The van der Waals surface area contributed by atoms with E-state index in [1.807, 2.05) is 4.90 Å². The largest absolute Gasteiger partial charge is 0.339 e. The highest BCUT2D eigenvalue weighted by molar-refractivity contribution is 9.10. The number of nitrogens with zero attached hydrogens (tertiary/aromatic N) is 2. The van der Waals surface area contributed by atoms with E-state index in [2.05, 4.69) is 31.5 Å². The molecule has 0 saturated carbocycles. The Balaban J connectivity index is 1.46. The number of nitrogens with one attached hydrogen (secondary N) is 2. The van der Waals surface area contributed by atoms with Crippen LogP contribution in [0.25, 0.3) is 0 Å². The number of pyridine rings is 1. The number of amides is 3. The van der Waals surface area contributed by atoms with Gasteiger partial charge in [-0.15, -0.1) is 0 Å². The van der Waals surface area contributed by atoms with Crippen LogP contribution < -0.4 is 10.6 Å². The Morgan fingerprint density at radius 1 is 0.812 bits per heavy atom. The summed E-state index contributed by atoms with van der Waals surface area (Å²) >= 11 is 3.30. The van der Waals surface area contributed by atoms with Gasteiger partial charge < -0.3 is 15.5 Å². The average Bonchev–Trinajstić information content (AvgIpc) is 3.35. The fourth-order valence-electron chi connectivity index (χ4n) is 3.48. The number of carbonyl (C=O) groups excluding carboxylic acids is 3. The first-order chi connectivity index (χ1) is 15.5. The van der Waals surface area contributed by atoms with Crippen LogP contribution in [0.4, 0.5) is 11.5 Å². The number of rotatable bonds is 5. The zero-order valence-electron chi connectivity index (χ0n) is 17.2. The molecule has 1 aromatic heterocycles. The molecule has 0 bridgehead atoms. The Labute approximate surface area is 194 Å². The van der Waals surface area contributed by atoms with Crippen LogP contribution in [0.15, 0.2) is 71.3 Å². The maximum absolute atomic E-state index is 12.8. The molecule has 32 heavy (non-hydrogen) atoms. The van der Waals surface area contributed by atoms with Gasteiger partial charge in [0.2, 0.25) is 0 Å². The lowest BCUT2D eigenvalue weighted by molar-refractivity contribution is 0.0792. The van der Waals surface area contributed by atoms with Gasteiger partial charge in [-0.3, -0.25) is 14.4 Å². The summed E-state index contributed by atoms with van der Waals surface area (Å²) < 4.78 is 0.802. The third kappa shape index (κ3) is 5.03. The highest BCUT2D eigenvalue weighted by Gasteiger charge is 2.20. The number of anilines is 2. The van der Waals surface area contributed by atoms with Crippen LogP contribution >= 0.6 is 15.9 Å². The van der Waals surface area contributed by atoms with Gasteiger partial charge in [0.05, 0.1) is 11.3 Å². The number of para-hydroxylation sites is 1. The minimum absolute atomic E-state index is 0.0157. The van der Waals surface area contributed by atoms with E-state index in [1.165, 1.54) is 0 Å². The molecule has 2 aromatic carbocycles. The predicted molar refractivity (Wildman–Crippen MR) is 126 cm³/mol. The van der Waals surface area contributed by atoms with Gasteiger partial charge in [-0.1, -0.05) is 12.1 Å². The van der Waals surface area contributed by atoms with Gasteiger partial charge in [0, 0.05) is 34.9 Å². The fourth-order valence-corrected chi connectivity index (χ4v) is 3.72. The summed E-state index contributed by atoms with van der Waals surface area (Å²) in [6, 6.07) is 16.7. The zero-order valence-corrected chi connectivity index (χ0v) is 18.8. The summed E-state index contributed by atoms with van der Waals surface area (Å²) in [5.74, 6) is -0.370. The minimum Gasteiger partial charge on any atom is -0.339 e. The SMILES string of the molecule is O=C(Nc1ccccc1C(=O)Nc1ccc(Br)cn1)c1ccc(C(=O)N2CCCC2)cc1. The number of hydrogen-bond donors (Lipinski definition) is 2. The first kappa shape index (κ1) is 21.7. The molecule has 2 N–H and O–H groups in total. The second-order valence-corrected chi connectivity index (χ2v) is 8.31. The fraction of sp³-hybridized carbons (Fsp3) is 0.167. The Bertz CT molecular complexity index is 1140. The zero-order chi connectivity index (χ0) is 22.5. The van der Waals surface area contributed by atoms with Gasteiger partial charge in [0.25, 0.3) is 17.7 Å². The standard InChI is InChI=1S/C24H21BrN4O3/c25-18-11-12-21(26-15-18)28-23(31)19-5-1-2-6-20(19)27-22(30)16-7-9-17(10-8-16)24(32)29-13-3-4-14-29/h1-2,5-12,15H,3-4,13-14H2,(H,27,30)(H,26,28,31). The lowest BCUT2D eigenvalue weighted by Gasteiger charge is -2.15. The van der Waals surface area contributed by atoms with Crippen molar-refractivity contribution in [3.8, 4) is 0 Å². The third-order valence-electron chi connectivity index (χ3n) is 5.18. The van der Waals surface area contributed by atoms with Crippen LogP contribution in [0, 0.1) is 0 Å². The van der Waals surface area contributed by atoms with Crippen molar-refractivity contribution < 1.29 is 14.4 Å². The topological polar surface area (TPSA) is 91.4 Å². The van der Waals surface area contributed by atoms with Crippen LogP contribution in [0.3, 0.4) is 0 Å². The van der Waals surface area contributed by atoms with Gasteiger partial charge in [0.1, 0.15) is 5.82 Å². The van der Waals surface area contributed by atoms with E-state index < -0.39 is 0 Å². The minimum atomic E-state index is -0.387. The number of halogens is 1. The van der Waals surface area contributed by atoms with E-state index >= 15 is 0 Å². The molecule has 2 heterocycles. The normalized spacial score (nSPS) is 13.0. The first-order valence-corrected chi connectivity index (χ1v) is 11.0. The van der Waals surface area contributed by atoms with Gasteiger partial charge in [-0.2, -0.15) is 0 Å². The Hall–Kier alpha value is -3.52. The van der Waals surface area contributed by atoms with Crippen molar-refractivity contribution in [3.63, 3.8) is 0 Å². The van der Waals surface area contributed by atoms with Crippen LogP contribution in [0.5, 0.6) is 0 Å². The molecule has 1 aliphatic rings. The molecule has 1 aliphatic heterocycles. The van der Waals surface area contributed by atoms with E-state index in [0.717, 1.165) is 30.4 Å². The van der Waals surface area contributed by atoms with Crippen molar-refractivity contribution in [2.75, 3.05) is 23.7 Å². The summed E-state index contributed by atoms with van der Waals surface area (Å²) in [6.07, 6.45) is 3.63. The molecule has 3 amide bonds. The van der Waals surface area contributed by atoms with Gasteiger partial charge in [0.15, 0.2) is 0 Å². The first-order valence-electron chi connectivity index (χ1n) is 10.2. The lowest BCUT2D eigenvalue weighted by atomic mass is 10.1. The average molecular weight is 493 g/mol. The summed E-state index contributed by atoms with van der Waals surface area (Å²) in [5.41, 5.74) is 1.65. The third-order valence-corrected chi connectivity index (χ3v) is 5.65. The van der Waals surface area contributed by atoms with E-state index in [1.54, 1.807) is 66.9 Å². The quantitative estimate of drug-likeness (QED) is 0.544. The maximum Gasteiger partial charge on any atom is 0.258 e. The van der Waals surface area contributed by atoms with Crippen molar-refractivity contribution >= 4 is 45.2 Å². The Morgan fingerprint density at radius 3 is 2.19 bits per heavy atom. The van der Waals surface area contributed by atoms with Crippen LogP contribution in [-0.4, -0.2) is 40.7 Å². The molecular weight excluding hydrogens is 472 g/mol. The number of aromatic nitrogens is 1. The molecule has 1 fully saturated rings. The molecule has 7 nitrogen and oxygen atoms in total. The van der Waals surface area contributed by atoms with Crippen molar-refractivity contribution in [1.82, 2.24) is 9.88 Å². The highest BCUT2D eigenvalue weighted by atomic mass is 79.9. The number of carbonyl (C=O) groups is 3. The van der Waals surface area contributed by atoms with E-state index in [-0.39, 0.29) is 17.7 Å². The molecule has 3 aromatic rings. The number of hydrogen-bond acceptors (Lipinski definition) is 4. The summed E-state index contributed by atoms with van der Waals surface area (Å²) in [7, 11) is 0. The molecule has 8 heteroatoms. The van der Waals surface area contributed by atoms with Gasteiger partial charge in [-0.05, 0) is 77.3 Å². The second-order valence-electron chi connectivity index (χ2n) is 7.39. The molecule has 4 rings (SSSR count). The monoisotopic (exact) mass is 492 g/mol. The van der Waals surface area contributed by atoms with Crippen molar-refractivity contribution in [3.05, 3.63) is 88.0 Å². The van der Waals surface area contributed by atoms with Gasteiger partial charge in [-0.25, -0.2) is 4.98 Å². The summed E-state index contributed by atoms with van der Waals surface area (Å²) in [5, 5.41) is 5.50. The highest BCUT2D eigenvalue weighted by Crippen LogP contribution is 2.19. The van der Waals surface area contributed by atoms with Crippen molar-refractivity contribution in [1.29, 1.82) is 0 Å². The van der Waals surface area contributed by atoms with Gasteiger partial charge >= 0.3 is 0 Å². The second kappa shape index (κ2) is 9.74.